The van der Waals surface area contributed by atoms with Crippen LogP contribution in [0.1, 0.15) is 26.2 Å². The fourth-order valence-electron chi connectivity index (χ4n) is 1.00. The third kappa shape index (κ3) is 7.93. The van der Waals surface area contributed by atoms with Crippen LogP contribution in [0, 0.1) is 0 Å². The topological polar surface area (TPSA) is 64.6 Å². The second kappa shape index (κ2) is 9.45. The molecule has 1 atom stereocenters. The number of hydrogen-bond donors (Lipinski definition) is 1. The van der Waals surface area contributed by atoms with Gasteiger partial charge < -0.3 is 19.6 Å². The summed E-state index contributed by atoms with van der Waals surface area (Å²) < 4.78 is 9.74. The highest BCUT2D eigenvalue weighted by Gasteiger charge is 2.11. The van der Waals surface area contributed by atoms with Gasteiger partial charge in [-0.1, -0.05) is 13.3 Å². The number of aldehydes is 1. The molecule has 0 spiro atoms. The van der Waals surface area contributed by atoms with Crippen LogP contribution in [-0.2, 0) is 14.3 Å². The van der Waals surface area contributed by atoms with E-state index >= 15 is 0 Å². The fraction of sp³-hybridized carbons (Fsp3) is 0.800. The Morgan fingerprint density at radius 1 is 1.53 bits per heavy atom. The van der Waals surface area contributed by atoms with Crippen molar-refractivity contribution in [2.45, 2.75) is 32.2 Å². The standard InChI is InChI=1S/C10H19NO4/c1-3-4-7-15-10(13)11-9(5-6-12)8-14-2/h6,9H,3-5,7-8H2,1-2H3,(H,11,13)/t9-/m0/s1. The largest absolute Gasteiger partial charge is 0.450 e. The van der Waals surface area contributed by atoms with Gasteiger partial charge in [0.2, 0.25) is 0 Å². The Balaban J connectivity index is 3.72. The fourth-order valence-corrected chi connectivity index (χ4v) is 1.00. The molecule has 0 aromatic rings. The highest BCUT2D eigenvalue weighted by Crippen LogP contribution is 1.93. The van der Waals surface area contributed by atoms with Crippen LogP contribution in [0.2, 0.25) is 0 Å². The van der Waals surface area contributed by atoms with Gasteiger partial charge in [-0.2, -0.15) is 0 Å². The number of amides is 1. The maximum absolute atomic E-state index is 11.2. The van der Waals surface area contributed by atoms with Crippen molar-refractivity contribution in [3.8, 4) is 0 Å². The van der Waals surface area contributed by atoms with Crippen molar-refractivity contribution < 1.29 is 19.1 Å². The van der Waals surface area contributed by atoms with E-state index in [0.29, 0.717) is 13.2 Å². The molecule has 0 aromatic carbocycles. The molecule has 0 radical (unpaired) electrons. The Labute approximate surface area is 90.1 Å². The number of unbranched alkanes of at least 4 members (excludes halogenated alkanes) is 1. The van der Waals surface area contributed by atoms with E-state index in [-0.39, 0.29) is 12.5 Å². The molecule has 88 valence electrons. The van der Waals surface area contributed by atoms with Crippen LogP contribution in [-0.4, -0.2) is 38.7 Å². The van der Waals surface area contributed by atoms with Crippen LogP contribution in [0.3, 0.4) is 0 Å². The molecule has 0 aliphatic heterocycles. The first-order chi connectivity index (χ1) is 7.24. The number of methoxy groups -OCH3 is 1. The number of alkyl carbamates (subject to hydrolysis) is 1. The molecule has 0 fully saturated rings. The summed E-state index contributed by atoms with van der Waals surface area (Å²) in [7, 11) is 1.52. The predicted molar refractivity (Wildman–Crippen MR) is 55.7 cm³/mol. The van der Waals surface area contributed by atoms with Crippen molar-refractivity contribution in [3.63, 3.8) is 0 Å². The Morgan fingerprint density at radius 2 is 2.27 bits per heavy atom. The lowest BCUT2D eigenvalue weighted by molar-refractivity contribution is -0.108. The average Bonchev–Trinajstić information content (AvgIpc) is 2.19. The number of carbonyl (C=O) groups excluding carboxylic acids is 2. The maximum atomic E-state index is 11.2. The first-order valence-corrected chi connectivity index (χ1v) is 5.10. The van der Waals surface area contributed by atoms with E-state index < -0.39 is 6.09 Å². The van der Waals surface area contributed by atoms with Crippen molar-refractivity contribution in [2.75, 3.05) is 20.3 Å². The highest BCUT2D eigenvalue weighted by molar-refractivity contribution is 5.68. The molecule has 1 N–H and O–H groups in total. The lowest BCUT2D eigenvalue weighted by Gasteiger charge is -2.14. The molecular formula is C10H19NO4. The minimum absolute atomic E-state index is 0.233. The second-order valence-electron chi connectivity index (χ2n) is 3.19. The molecule has 5 nitrogen and oxygen atoms in total. The van der Waals surface area contributed by atoms with Crippen molar-refractivity contribution >= 4 is 12.4 Å². The first-order valence-electron chi connectivity index (χ1n) is 5.10. The molecule has 1 amide bonds. The van der Waals surface area contributed by atoms with Gasteiger partial charge in [-0.3, -0.25) is 0 Å². The minimum atomic E-state index is -0.493. The SMILES string of the molecule is CCCCOC(=O)N[C@@H](CC=O)COC. The average molecular weight is 217 g/mol. The molecule has 0 unspecified atom stereocenters. The van der Waals surface area contributed by atoms with Crippen molar-refractivity contribution in [1.29, 1.82) is 0 Å². The third-order valence-electron chi connectivity index (χ3n) is 1.80. The zero-order chi connectivity index (χ0) is 11.5. The van der Waals surface area contributed by atoms with E-state index in [1.165, 1.54) is 7.11 Å². The molecule has 0 aromatic heterocycles. The van der Waals surface area contributed by atoms with Crippen LogP contribution in [0.15, 0.2) is 0 Å². The molecule has 0 heterocycles. The first kappa shape index (κ1) is 13.9. The van der Waals surface area contributed by atoms with Crippen LogP contribution in [0.25, 0.3) is 0 Å². The van der Waals surface area contributed by atoms with Gasteiger partial charge in [0.25, 0.3) is 0 Å². The van der Waals surface area contributed by atoms with Crippen LogP contribution in [0.5, 0.6) is 0 Å². The molecule has 15 heavy (non-hydrogen) atoms. The van der Waals surface area contributed by atoms with E-state index in [2.05, 4.69) is 5.32 Å². The smallest absolute Gasteiger partial charge is 0.407 e. The summed E-state index contributed by atoms with van der Waals surface area (Å²) in [5.74, 6) is 0. The predicted octanol–water partition coefficient (Wildman–Crippen LogP) is 1.12. The van der Waals surface area contributed by atoms with Crippen molar-refractivity contribution in [3.05, 3.63) is 0 Å². The minimum Gasteiger partial charge on any atom is -0.450 e. The van der Waals surface area contributed by atoms with Gasteiger partial charge in [0.1, 0.15) is 6.29 Å². The van der Waals surface area contributed by atoms with E-state index in [1.54, 1.807) is 0 Å². The van der Waals surface area contributed by atoms with Crippen molar-refractivity contribution in [2.24, 2.45) is 0 Å². The Morgan fingerprint density at radius 3 is 2.80 bits per heavy atom. The summed E-state index contributed by atoms with van der Waals surface area (Å²) in [6.45, 7) is 2.73. The molecule has 0 aliphatic carbocycles. The van der Waals surface area contributed by atoms with E-state index in [4.69, 9.17) is 9.47 Å². The lowest BCUT2D eigenvalue weighted by Crippen LogP contribution is -2.38. The molecule has 0 saturated carbocycles. The molecule has 0 rings (SSSR count). The number of rotatable bonds is 8. The Hall–Kier alpha value is -1.10. The zero-order valence-corrected chi connectivity index (χ0v) is 9.32. The van der Waals surface area contributed by atoms with E-state index in [1.807, 2.05) is 6.92 Å². The number of ether oxygens (including phenoxy) is 2. The number of nitrogens with one attached hydrogen (secondary N) is 1. The van der Waals surface area contributed by atoms with E-state index in [9.17, 15) is 9.59 Å². The number of hydrogen-bond acceptors (Lipinski definition) is 4. The third-order valence-corrected chi connectivity index (χ3v) is 1.80. The van der Waals surface area contributed by atoms with Crippen LogP contribution >= 0.6 is 0 Å². The second-order valence-corrected chi connectivity index (χ2v) is 3.19. The van der Waals surface area contributed by atoms with Gasteiger partial charge in [0.15, 0.2) is 0 Å². The van der Waals surface area contributed by atoms with E-state index in [0.717, 1.165) is 19.1 Å². The van der Waals surface area contributed by atoms with Gasteiger partial charge in [0.05, 0.1) is 19.3 Å². The Kier molecular flexibility index (Phi) is 8.76. The van der Waals surface area contributed by atoms with Crippen LogP contribution in [0.4, 0.5) is 4.79 Å². The number of carbonyl (C=O) groups is 2. The van der Waals surface area contributed by atoms with Gasteiger partial charge in [-0.25, -0.2) is 4.79 Å². The van der Waals surface area contributed by atoms with Crippen molar-refractivity contribution in [1.82, 2.24) is 5.32 Å². The monoisotopic (exact) mass is 217 g/mol. The normalized spacial score (nSPS) is 11.9. The van der Waals surface area contributed by atoms with Gasteiger partial charge >= 0.3 is 6.09 Å². The van der Waals surface area contributed by atoms with Crippen LogP contribution < -0.4 is 5.32 Å². The molecular weight excluding hydrogens is 198 g/mol. The summed E-state index contributed by atoms with van der Waals surface area (Å²) in [5.41, 5.74) is 0. The lowest BCUT2D eigenvalue weighted by atomic mass is 10.2. The molecule has 0 bridgehead atoms. The summed E-state index contributed by atoms with van der Waals surface area (Å²) >= 11 is 0. The van der Waals surface area contributed by atoms with Gasteiger partial charge in [0, 0.05) is 13.5 Å². The highest BCUT2D eigenvalue weighted by atomic mass is 16.5. The molecule has 0 aliphatic rings. The summed E-state index contributed by atoms with van der Waals surface area (Å²) in [6.07, 6.45) is 2.30. The summed E-state index contributed by atoms with van der Waals surface area (Å²) in [5, 5.41) is 2.56. The molecule has 0 saturated heterocycles. The molecule has 5 heteroatoms. The summed E-state index contributed by atoms with van der Waals surface area (Å²) in [6, 6.07) is -0.304. The quantitative estimate of drug-likeness (QED) is 0.488. The summed E-state index contributed by atoms with van der Waals surface area (Å²) in [4.78, 5) is 21.5. The zero-order valence-electron chi connectivity index (χ0n) is 9.32. The Bertz CT molecular complexity index is 184. The van der Waals surface area contributed by atoms with Gasteiger partial charge in [-0.15, -0.1) is 0 Å². The van der Waals surface area contributed by atoms with Gasteiger partial charge in [-0.05, 0) is 6.42 Å². The maximum Gasteiger partial charge on any atom is 0.407 e.